The standard InChI is InChI=1S/C11H23N3O2S/c1-11(2)9-13(17(4,15)16)8-10-7-12(3)5-6-14(10)11/h10H,5-9H2,1-4H3. The summed E-state index contributed by atoms with van der Waals surface area (Å²) in [6.45, 7) is 8.57. The molecule has 2 aliphatic heterocycles. The van der Waals surface area contributed by atoms with E-state index < -0.39 is 10.0 Å². The summed E-state index contributed by atoms with van der Waals surface area (Å²) in [6, 6.07) is 0.326. The highest BCUT2D eigenvalue weighted by molar-refractivity contribution is 7.88. The first-order chi connectivity index (χ1) is 7.70. The molecule has 17 heavy (non-hydrogen) atoms. The molecule has 6 heteroatoms. The van der Waals surface area contributed by atoms with Crippen LogP contribution in [0.1, 0.15) is 13.8 Å². The maximum atomic E-state index is 11.7. The second-order valence-corrected chi connectivity index (χ2v) is 7.96. The molecule has 0 saturated carbocycles. The molecule has 2 saturated heterocycles. The number of nitrogens with zero attached hydrogens (tertiary/aromatic N) is 3. The van der Waals surface area contributed by atoms with E-state index in [1.165, 1.54) is 6.26 Å². The van der Waals surface area contributed by atoms with Gasteiger partial charge in [0, 0.05) is 44.3 Å². The van der Waals surface area contributed by atoms with Gasteiger partial charge in [0.2, 0.25) is 10.0 Å². The fraction of sp³-hybridized carbons (Fsp3) is 1.00. The number of hydrogen-bond acceptors (Lipinski definition) is 4. The van der Waals surface area contributed by atoms with Crippen LogP contribution in [0.4, 0.5) is 0 Å². The molecule has 0 radical (unpaired) electrons. The summed E-state index contributed by atoms with van der Waals surface area (Å²) in [7, 11) is -0.976. The predicted molar refractivity (Wildman–Crippen MR) is 68.5 cm³/mol. The molecule has 0 N–H and O–H groups in total. The Hall–Kier alpha value is -0.170. The third-order valence-corrected chi connectivity index (χ3v) is 5.13. The van der Waals surface area contributed by atoms with Crippen molar-refractivity contribution < 1.29 is 8.42 Å². The molecule has 0 amide bonds. The summed E-state index contributed by atoms with van der Waals surface area (Å²) in [6.07, 6.45) is 1.31. The lowest BCUT2D eigenvalue weighted by molar-refractivity contribution is -0.0372. The predicted octanol–water partition coefficient (Wildman–Crippen LogP) is -0.344. The molecular formula is C11H23N3O2S. The summed E-state index contributed by atoms with van der Waals surface area (Å²) in [4.78, 5) is 4.75. The Labute approximate surface area is 104 Å². The minimum absolute atomic E-state index is 0.0622. The average Bonchev–Trinajstić information content (AvgIpc) is 2.13. The Bertz CT molecular complexity index is 394. The molecule has 0 spiro atoms. The van der Waals surface area contributed by atoms with Gasteiger partial charge in [-0.3, -0.25) is 4.90 Å². The van der Waals surface area contributed by atoms with E-state index in [9.17, 15) is 8.42 Å². The van der Waals surface area contributed by atoms with Crippen molar-refractivity contribution in [2.24, 2.45) is 0 Å². The van der Waals surface area contributed by atoms with Crippen LogP contribution >= 0.6 is 0 Å². The zero-order valence-corrected chi connectivity index (χ0v) is 12.0. The van der Waals surface area contributed by atoms with E-state index in [-0.39, 0.29) is 5.54 Å². The van der Waals surface area contributed by atoms with Crippen molar-refractivity contribution in [3.05, 3.63) is 0 Å². The summed E-state index contributed by atoms with van der Waals surface area (Å²) in [5.41, 5.74) is -0.0622. The fourth-order valence-corrected chi connectivity index (χ4v) is 4.03. The van der Waals surface area contributed by atoms with Gasteiger partial charge < -0.3 is 4.90 Å². The number of piperazine rings is 2. The van der Waals surface area contributed by atoms with Gasteiger partial charge in [0.1, 0.15) is 0 Å². The van der Waals surface area contributed by atoms with Gasteiger partial charge in [-0.25, -0.2) is 8.42 Å². The van der Waals surface area contributed by atoms with E-state index in [0.29, 0.717) is 19.1 Å². The SMILES string of the molecule is CN1CCN2C(C1)CN(S(C)(=O)=O)CC2(C)C. The minimum Gasteiger partial charge on any atom is -0.303 e. The van der Waals surface area contributed by atoms with E-state index in [4.69, 9.17) is 0 Å². The molecule has 0 aromatic heterocycles. The van der Waals surface area contributed by atoms with Gasteiger partial charge in [0.25, 0.3) is 0 Å². The quantitative estimate of drug-likeness (QED) is 0.647. The molecule has 2 rings (SSSR count). The lowest BCUT2D eigenvalue weighted by Gasteiger charge is -2.54. The van der Waals surface area contributed by atoms with Gasteiger partial charge in [-0.1, -0.05) is 0 Å². The molecule has 1 atom stereocenters. The molecule has 5 nitrogen and oxygen atoms in total. The van der Waals surface area contributed by atoms with E-state index in [1.807, 2.05) is 0 Å². The van der Waals surface area contributed by atoms with Crippen molar-refractivity contribution in [2.75, 3.05) is 46.0 Å². The van der Waals surface area contributed by atoms with Crippen LogP contribution in [-0.4, -0.2) is 80.1 Å². The van der Waals surface area contributed by atoms with Crippen LogP contribution in [-0.2, 0) is 10.0 Å². The first-order valence-corrected chi connectivity index (χ1v) is 7.95. The third-order valence-electron chi connectivity index (χ3n) is 3.91. The Morgan fingerprint density at radius 1 is 1.18 bits per heavy atom. The average molecular weight is 261 g/mol. The molecule has 0 aromatic rings. The van der Waals surface area contributed by atoms with Crippen LogP contribution in [0.25, 0.3) is 0 Å². The van der Waals surface area contributed by atoms with E-state index in [1.54, 1.807) is 4.31 Å². The molecule has 1 unspecified atom stereocenters. The lowest BCUT2D eigenvalue weighted by Crippen LogP contribution is -2.69. The molecule has 0 aromatic carbocycles. The van der Waals surface area contributed by atoms with Crippen molar-refractivity contribution in [2.45, 2.75) is 25.4 Å². The van der Waals surface area contributed by atoms with Crippen molar-refractivity contribution in [1.29, 1.82) is 0 Å². The zero-order valence-electron chi connectivity index (χ0n) is 11.2. The highest BCUT2D eigenvalue weighted by Crippen LogP contribution is 2.28. The van der Waals surface area contributed by atoms with Gasteiger partial charge in [-0.15, -0.1) is 0 Å². The largest absolute Gasteiger partial charge is 0.303 e. The smallest absolute Gasteiger partial charge is 0.211 e. The van der Waals surface area contributed by atoms with E-state index in [0.717, 1.165) is 19.6 Å². The molecular weight excluding hydrogens is 238 g/mol. The van der Waals surface area contributed by atoms with Crippen LogP contribution in [0.15, 0.2) is 0 Å². The van der Waals surface area contributed by atoms with E-state index >= 15 is 0 Å². The molecule has 2 heterocycles. The summed E-state index contributed by atoms with van der Waals surface area (Å²) in [5.74, 6) is 0. The lowest BCUT2D eigenvalue weighted by atomic mass is 9.94. The number of sulfonamides is 1. The van der Waals surface area contributed by atoms with Gasteiger partial charge in [-0.05, 0) is 20.9 Å². The molecule has 2 aliphatic rings. The van der Waals surface area contributed by atoms with Crippen LogP contribution in [0.3, 0.4) is 0 Å². The van der Waals surface area contributed by atoms with E-state index in [2.05, 4.69) is 30.7 Å². The third kappa shape index (κ3) is 2.65. The first-order valence-electron chi connectivity index (χ1n) is 6.10. The molecule has 100 valence electrons. The first kappa shape index (κ1) is 13.3. The normalized spacial score (nSPS) is 32.4. The number of rotatable bonds is 1. The zero-order chi connectivity index (χ0) is 12.8. The molecule has 0 bridgehead atoms. The van der Waals surface area contributed by atoms with Gasteiger partial charge in [-0.2, -0.15) is 4.31 Å². The minimum atomic E-state index is -3.08. The topological polar surface area (TPSA) is 43.9 Å². The monoisotopic (exact) mass is 261 g/mol. The highest BCUT2D eigenvalue weighted by Gasteiger charge is 2.44. The van der Waals surface area contributed by atoms with Crippen LogP contribution in [0, 0.1) is 0 Å². The number of hydrogen-bond donors (Lipinski definition) is 0. The Morgan fingerprint density at radius 2 is 1.82 bits per heavy atom. The summed E-state index contributed by atoms with van der Waals surface area (Å²) in [5, 5.41) is 0. The van der Waals surface area contributed by atoms with Crippen molar-refractivity contribution in [1.82, 2.24) is 14.1 Å². The Morgan fingerprint density at radius 3 is 2.41 bits per heavy atom. The van der Waals surface area contributed by atoms with Gasteiger partial charge in [0.15, 0.2) is 0 Å². The summed E-state index contributed by atoms with van der Waals surface area (Å²) >= 11 is 0. The Balaban J connectivity index is 2.22. The highest BCUT2D eigenvalue weighted by atomic mass is 32.2. The number of likely N-dealkylation sites (N-methyl/N-ethyl adjacent to an activating group) is 1. The van der Waals surface area contributed by atoms with Crippen LogP contribution in [0.5, 0.6) is 0 Å². The Kier molecular flexibility index (Phi) is 3.27. The molecule has 0 aliphatic carbocycles. The fourth-order valence-electron chi connectivity index (χ4n) is 3.04. The van der Waals surface area contributed by atoms with Crippen molar-refractivity contribution >= 4 is 10.0 Å². The second kappa shape index (κ2) is 4.19. The van der Waals surface area contributed by atoms with Crippen LogP contribution < -0.4 is 0 Å². The van der Waals surface area contributed by atoms with Crippen molar-refractivity contribution in [3.63, 3.8) is 0 Å². The van der Waals surface area contributed by atoms with Crippen LogP contribution in [0.2, 0.25) is 0 Å². The maximum Gasteiger partial charge on any atom is 0.211 e. The van der Waals surface area contributed by atoms with Gasteiger partial charge >= 0.3 is 0 Å². The summed E-state index contributed by atoms with van der Waals surface area (Å²) < 4.78 is 25.1. The van der Waals surface area contributed by atoms with Crippen molar-refractivity contribution in [3.8, 4) is 0 Å². The number of fused-ring (bicyclic) bond motifs is 1. The van der Waals surface area contributed by atoms with Gasteiger partial charge in [0.05, 0.1) is 6.26 Å². The second-order valence-electron chi connectivity index (χ2n) is 5.98. The maximum absolute atomic E-state index is 11.7. The molecule has 2 fully saturated rings.